The van der Waals surface area contributed by atoms with Crippen LogP contribution in [0.3, 0.4) is 0 Å². The van der Waals surface area contributed by atoms with Crippen LogP contribution in [0.2, 0.25) is 0 Å². The predicted molar refractivity (Wildman–Crippen MR) is 71.3 cm³/mol. The van der Waals surface area contributed by atoms with Crippen molar-refractivity contribution in [3.05, 3.63) is 0 Å². The quantitative estimate of drug-likeness (QED) is 0.251. The van der Waals surface area contributed by atoms with E-state index in [0.29, 0.717) is 0 Å². The molecule has 1 rings (SSSR count). The number of carboxylic acid groups (broad SMARTS) is 3. The van der Waals surface area contributed by atoms with E-state index in [4.69, 9.17) is 20.4 Å². The molecule has 0 radical (unpaired) electrons. The zero-order valence-electron chi connectivity index (χ0n) is 11.8. The summed E-state index contributed by atoms with van der Waals surface area (Å²) in [4.78, 5) is 33.8. The minimum absolute atomic E-state index is 0.00455. The van der Waals surface area contributed by atoms with Crippen molar-refractivity contribution in [3.8, 4) is 0 Å². The van der Waals surface area contributed by atoms with Crippen molar-refractivity contribution in [1.29, 1.82) is 0 Å². The summed E-state index contributed by atoms with van der Waals surface area (Å²) in [5.74, 6) is -3.70. The minimum atomic E-state index is -1.57. The Balaban J connectivity index is 2.37. The zero-order chi connectivity index (χ0) is 16.9. The Bertz CT molecular complexity index is 429. The summed E-state index contributed by atoms with van der Waals surface area (Å²) in [6.45, 7) is 0.329. The van der Waals surface area contributed by atoms with Crippen LogP contribution in [0.5, 0.6) is 0 Å². The number of nitrogens with one attached hydrogen (secondary N) is 1. The molecule has 0 aromatic rings. The third-order valence-electron chi connectivity index (χ3n) is 3.53. The van der Waals surface area contributed by atoms with Crippen molar-refractivity contribution in [2.24, 2.45) is 0 Å². The molecule has 0 aromatic heterocycles. The number of nitrogens with zero attached hydrogens (tertiary/aromatic N) is 1. The summed E-state index contributed by atoms with van der Waals surface area (Å²) >= 11 is 0. The highest BCUT2D eigenvalue weighted by Crippen LogP contribution is 2.19. The highest BCUT2D eigenvalue weighted by molar-refractivity contribution is 5.76. The maximum Gasteiger partial charge on any atom is 0.332 e. The molecule has 1 unspecified atom stereocenters. The van der Waals surface area contributed by atoms with E-state index in [1.807, 2.05) is 0 Å². The van der Waals surface area contributed by atoms with Crippen LogP contribution in [-0.4, -0.2) is 92.3 Å². The molecule has 0 aliphatic carbocycles. The first-order chi connectivity index (χ1) is 10.2. The summed E-state index contributed by atoms with van der Waals surface area (Å²) in [7, 11) is 0. The van der Waals surface area contributed by atoms with Gasteiger partial charge < -0.3 is 30.8 Å². The number of carbonyl (C=O) groups is 3. The topological polar surface area (TPSA) is 168 Å². The van der Waals surface area contributed by atoms with E-state index in [1.165, 1.54) is 4.90 Å². The van der Waals surface area contributed by atoms with Gasteiger partial charge in [0.25, 0.3) is 0 Å². The lowest BCUT2D eigenvalue weighted by molar-refractivity contribution is -0.160. The number of hydrogen-bond acceptors (Lipinski definition) is 7. The van der Waals surface area contributed by atoms with Gasteiger partial charge in [-0.2, -0.15) is 0 Å². The van der Waals surface area contributed by atoms with Gasteiger partial charge in [0.1, 0.15) is 12.1 Å². The summed E-state index contributed by atoms with van der Waals surface area (Å²) < 4.78 is 0. The molecule has 1 aliphatic rings. The average molecular weight is 320 g/mol. The number of aliphatic hydroxyl groups is 2. The summed E-state index contributed by atoms with van der Waals surface area (Å²) in [5.41, 5.74) is 0. The summed E-state index contributed by atoms with van der Waals surface area (Å²) in [6.07, 6.45) is -2.57. The Hall–Kier alpha value is -1.75. The van der Waals surface area contributed by atoms with E-state index in [1.54, 1.807) is 0 Å². The molecule has 1 heterocycles. The number of hydrogen-bond donors (Lipinski definition) is 6. The Kier molecular flexibility index (Phi) is 6.68. The first kappa shape index (κ1) is 18.3. The fourth-order valence-electron chi connectivity index (χ4n) is 2.24. The van der Waals surface area contributed by atoms with Crippen LogP contribution in [-0.2, 0) is 14.4 Å². The molecule has 0 bridgehead atoms. The Labute approximate surface area is 126 Å². The second-order valence-corrected chi connectivity index (χ2v) is 5.12. The SMILES string of the molecule is O=C(O)[C@H](CCN1CC(O)[C@H]1C(=O)O)NCC[C@H](O)C(=O)O. The molecule has 0 spiro atoms. The third kappa shape index (κ3) is 4.91. The number of aliphatic hydroxyl groups excluding tert-OH is 2. The van der Waals surface area contributed by atoms with Gasteiger partial charge in [0.2, 0.25) is 0 Å². The summed E-state index contributed by atoms with van der Waals surface area (Å²) in [5, 5.41) is 47.5. The highest BCUT2D eigenvalue weighted by atomic mass is 16.4. The van der Waals surface area contributed by atoms with Gasteiger partial charge in [0.05, 0.1) is 6.10 Å². The Morgan fingerprint density at radius 2 is 1.77 bits per heavy atom. The lowest BCUT2D eigenvalue weighted by Gasteiger charge is -2.42. The van der Waals surface area contributed by atoms with Crippen molar-refractivity contribution >= 4 is 17.9 Å². The number of carboxylic acids is 3. The fourth-order valence-corrected chi connectivity index (χ4v) is 2.24. The normalized spacial score (nSPS) is 24.3. The molecule has 0 aromatic carbocycles. The maximum absolute atomic E-state index is 11.1. The predicted octanol–water partition coefficient (Wildman–Crippen LogP) is -2.62. The number of likely N-dealkylation sites (tertiary alicyclic amines) is 1. The van der Waals surface area contributed by atoms with Gasteiger partial charge >= 0.3 is 17.9 Å². The maximum atomic E-state index is 11.1. The van der Waals surface area contributed by atoms with Crippen LogP contribution in [0.15, 0.2) is 0 Å². The molecule has 1 aliphatic heterocycles. The molecule has 6 N–H and O–H groups in total. The molecular formula is C12H20N2O8. The van der Waals surface area contributed by atoms with Crippen molar-refractivity contribution in [2.45, 2.75) is 37.1 Å². The van der Waals surface area contributed by atoms with Crippen LogP contribution >= 0.6 is 0 Å². The molecule has 1 saturated heterocycles. The lowest BCUT2D eigenvalue weighted by Crippen LogP contribution is -2.64. The van der Waals surface area contributed by atoms with Crippen molar-refractivity contribution in [1.82, 2.24) is 10.2 Å². The Morgan fingerprint density at radius 3 is 2.23 bits per heavy atom. The highest BCUT2D eigenvalue weighted by Gasteiger charge is 2.43. The van der Waals surface area contributed by atoms with Gasteiger partial charge in [-0.15, -0.1) is 0 Å². The van der Waals surface area contributed by atoms with Gasteiger partial charge in [0, 0.05) is 13.1 Å². The van der Waals surface area contributed by atoms with Crippen LogP contribution in [0.1, 0.15) is 12.8 Å². The molecule has 126 valence electrons. The molecule has 0 amide bonds. The molecular weight excluding hydrogens is 300 g/mol. The standard InChI is InChI=1S/C12H20N2O8/c15-7(11(19)20)1-3-13-6(10(17)18)2-4-14-5-8(16)9(14)12(21)22/h6-9,13,15-16H,1-5H2,(H,17,18)(H,19,20)(H,21,22)/t6-,7-,8?,9-/m0/s1. The average Bonchev–Trinajstić information content (AvgIpc) is 2.38. The molecule has 10 nitrogen and oxygen atoms in total. The molecule has 1 fully saturated rings. The van der Waals surface area contributed by atoms with Gasteiger partial charge in [-0.3, -0.25) is 14.5 Å². The molecule has 10 heteroatoms. The van der Waals surface area contributed by atoms with E-state index in [0.717, 1.165) is 0 Å². The fraction of sp³-hybridized carbons (Fsp3) is 0.750. The largest absolute Gasteiger partial charge is 0.480 e. The second kappa shape index (κ2) is 8.03. The Morgan fingerprint density at radius 1 is 1.14 bits per heavy atom. The molecule has 22 heavy (non-hydrogen) atoms. The van der Waals surface area contributed by atoms with Crippen LogP contribution in [0, 0.1) is 0 Å². The minimum Gasteiger partial charge on any atom is -0.480 e. The monoisotopic (exact) mass is 320 g/mol. The van der Waals surface area contributed by atoms with E-state index in [-0.39, 0.29) is 32.5 Å². The van der Waals surface area contributed by atoms with E-state index in [2.05, 4.69) is 5.32 Å². The van der Waals surface area contributed by atoms with Gasteiger partial charge in [-0.05, 0) is 19.4 Å². The number of β-amino-alcohol motifs (C(OH)–C–C–N with tert-alkyl or cyclic N) is 1. The van der Waals surface area contributed by atoms with E-state index >= 15 is 0 Å². The smallest absolute Gasteiger partial charge is 0.332 e. The first-order valence-electron chi connectivity index (χ1n) is 6.76. The van der Waals surface area contributed by atoms with E-state index < -0.39 is 42.2 Å². The van der Waals surface area contributed by atoms with E-state index in [9.17, 15) is 19.5 Å². The van der Waals surface area contributed by atoms with Gasteiger partial charge in [-0.25, -0.2) is 4.79 Å². The molecule has 4 atom stereocenters. The van der Waals surface area contributed by atoms with Gasteiger partial charge in [-0.1, -0.05) is 0 Å². The number of rotatable bonds is 10. The lowest BCUT2D eigenvalue weighted by atomic mass is 9.98. The zero-order valence-corrected chi connectivity index (χ0v) is 11.8. The molecule has 0 saturated carbocycles. The van der Waals surface area contributed by atoms with Crippen molar-refractivity contribution in [3.63, 3.8) is 0 Å². The van der Waals surface area contributed by atoms with Crippen LogP contribution in [0.4, 0.5) is 0 Å². The van der Waals surface area contributed by atoms with Crippen molar-refractivity contribution < 1.29 is 39.9 Å². The van der Waals surface area contributed by atoms with Crippen LogP contribution < -0.4 is 5.32 Å². The van der Waals surface area contributed by atoms with Crippen molar-refractivity contribution in [2.75, 3.05) is 19.6 Å². The summed E-state index contributed by atoms with van der Waals surface area (Å²) in [6, 6.07) is -2.02. The number of aliphatic carboxylic acids is 3. The van der Waals surface area contributed by atoms with Crippen LogP contribution in [0.25, 0.3) is 0 Å². The third-order valence-corrected chi connectivity index (χ3v) is 3.53. The van der Waals surface area contributed by atoms with Gasteiger partial charge in [0.15, 0.2) is 6.10 Å². The second-order valence-electron chi connectivity index (χ2n) is 5.12. The first-order valence-corrected chi connectivity index (χ1v) is 6.76.